The Morgan fingerprint density at radius 3 is 2.32 bits per heavy atom. The molecule has 41 heavy (non-hydrogen) atoms. The number of carbonyl (C=O) groups excluding carboxylic acids is 3. The highest BCUT2D eigenvalue weighted by atomic mass is 35.5. The van der Waals surface area contributed by atoms with E-state index in [0.717, 1.165) is 16.8 Å². The fourth-order valence-corrected chi connectivity index (χ4v) is 5.25. The third kappa shape index (κ3) is 8.22. The van der Waals surface area contributed by atoms with Crippen molar-refractivity contribution in [3.05, 3.63) is 93.0 Å². The lowest BCUT2D eigenvalue weighted by molar-refractivity contribution is -0.131. The van der Waals surface area contributed by atoms with Gasteiger partial charge in [-0.2, -0.15) is 0 Å². The molecule has 0 radical (unpaired) electrons. The summed E-state index contributed by atoms with van der Waals surface area (Å²) < 4.78 is 0. The minimum atomic E-state index is -0.332. The number of hydrogen-bond acceptors (Lipinski definition) is 5. The number of nitrogens with zero attached hydrogens (tertiary/aromatic N) is 2. The fraction of sp³-hybridized carbons (Fsp3) is 0.323. The molecule has 1 heterocycles. The van der Waals surface area contributed by atoms with E-state index in [1.807, 2.05) is 43.1 Å². The number of carbonyl (C=O) groups is 3. The van der Waals surface area contributed by atoms with Crippen LogP contribution in [-0.4, -0.2) is 68.9 Å². The van der Waals surface area contributed by atoms with Crippen LogP contribution < -0.4 is 20.9 Å². The number of rotatable bonds is 10. The molecule has 1 fully saturated rings. The van der Waals surface area contributed by atoms with Gasteiger partial charge in [0.05, 0.1) is 11.4 Å². The van der Waals surface area contributed by atoms with Crippen molar-refractivity contribution in [3.63, 3.8) is 0 Å². The van der Waals surface area contributed by atoms with Gasteiger partial charge < -0.3 is 25.8 Å². The summed E-state index contributed by atoms with van der Waals surface area (Å²) in [5, 5.41) is 10.1. The van der Waals surface area contributed by atoms with Gasteiger partial charge in [-0.05, 0) is 74.0 Å². The van der Waals surface area contributed by atoms with Crippen LogP contribution in [0.15, 0.2) is 60.7 Å². The third-order valence-electron chi connectivity index (χ3n) is 7.04. The normalized spacial score (nSPS) is 13.2. The topological polar surface area (TPSA) is 93.8 Å². The molecule has 0 saturated carbocycles. The maximum atomic E-state index is 13.1. The van der Waals surface area contributed by atoms with Crippen LogP contribution in [0.2, 0.25) is 10.0 Å². The third-order valence-corrected chi connectivity index (χ3v) is 7.63. The number of piperazine rings is 1. The van der Waals surface area contributed by atoms with Gasteiger partial charge in [0.25, 0.3) is 11.8 Å². The van der Waals surface area contributed by atoms with Gasteiger partial charge in [0.15, 0.2) is 0 Å². The van der Waals surface area contributed by atoms with E-state index in [1.54, 1.807) is 36.4 Å². The molecule has 0 aliphatic carbocycles. The Bertz CT molecular complexity index is 1410. The largest absolute Gasteiger partial charge is 0.366 e. The maximum absolute atomic E-state index is 13.1. The zero-order valence-electron chi connectivity index (χ0n) is 23.3. The molecule has 0 bridgehead atoms. The van der Waals surface area contributed by atoms with E-state index in [-0.39, 0.29) is 17.7 Å². The Labute approximate surface area is 251 Å². The molecule has 3 aromatic carbocycles. The van der Waals surface area contributed by atoms with E-state index in [9.17, 15) is 14.4 Å². The lowest BCUT2D eigenvalue weighted by atomic mass is 10.1. The molecule has 1 aliphatic rings. The van der Waals surface area contributed by atoms with Crippen molar-refractivity contribution < 1.29 is 14.4 Å². The van der Waals surface area contributed by atoms with E-state index in [0.29, 0.717) is 79.0 Å². The van der Waals surface area contributed by atoms with Crippen LogP contribution in [-0.2, 0) is 11.2 Å². The number of amides is 3. The molecule has 3 aromatic rings. The first kappa shape index (κ1) is 30.4. The lowest BCUT2D eigenvalue weighted by Gasteiger charge is -2.37. The Hall–Kier alpha value is -3.59. The van der Waals surface area contributed by atoms with Gasteiger partial charge in [-0.1, -0.05) is 41.4 Å². The summed E-state index contributed by atoms with van der Waals surface area (Å²) in [6.45, 7) is 5.40. The number of nitrogens with one attached hydrogen (secondary N) is 3. The van der Waals surface area contributed by atoms with Crippen molar-refractivity contribution in [2.45, 2.75) is 19.8 Å². The number of anilines is 2. The van der Waals surface area contributed by atoms with Gasteiger partial charge >= 0.3 is 0 Å². The Balaban J connectivity index is 1.49. The van der Waals surface area contributed by atoms with Crippen LogP contribution in [0.5, 0.6) is 0 Å². The molecule has 216 valence electrons. The molecular weight excluding hydrogens is 561 g/mol. The molecule has 1 saturated heterocycles. The van der Waals surface area contributed by atoms with Crippen LogP contribution in [0.25, 0.3) is 0 Å². The summed E-state index contributed by atoms with van der Waals surface area (Å²) in [6.07, 6.45) is 1.05. The first-order valence-corrected chi connectivity index (χ1v) is 14.4. The summed E-state index contributed by atoms with van der Waals surface area (Å²) >= 11 is 12.4. The molecular formula is C31H35Cl2N5O3. The first-order valence-electron chi connectivity index (χ1n) is 13.7. The second-order valence-electron chi connectivity index (χ2n) is 10.0. The van der Waals surface area contributed by atoms with Crippen LogP contribution >= 0.6 is 23.2 Å². The molecule has 10 heteroatoms. The van der Waals surface area contributed by atoms with E-state index in [1.165, 1.54) is 0 Å². The van der Waals surface area contributed by atoms with Crippen LogP contribution in [0.4, 0.5) is 11.4 Å². The summed E-state index contributed by atoms with van der Waals surface area (Å²) in [4.78, 5) is 42.7. The van der Waals surface area contributed by atoms with Crippen molar-refractivity contribution in [1.29, 1.82) is 0 Å². The van der Waals surface area contributed by atoms with Crippen molar-refractivity contribution in [2.75, 3.05) is 56.5 Å². The minimum Gasteiger partial charge on any atom is -0.366 e. The predicted octanol–water partition coefficient (Wildman–Crippen LogP) is 4.78. The van der Waals surface area contributed by atoms with Gasteiger partial charge in [0.2, 0.25) is 5.91 Å². The van der Waals surface area contributed by atoms with Crippen LogP contribution in [0.1, 0.15) is 38.3 Å². The number of halogens is 2. The number of aryl methyl sites for hydroxylation is 1. The average Bonchev–Trinajstić information content (AvgIpc) is 2.97. The van der Waals surface area contributed by atoms with Crippen LogP contribution in [0.3, 0.4) is 0 Å². The summed E-state index contributed by atoms with van der Waals surface area (Å²) in [5.74, 6) is -0.466. The van der Waals surface area contributed by atoms with Gasteiger partial charge in [-0.3, -0.25) is 14.4 Å². The van der Waals surface area contributed by atoms with Crippen LogP contribution in [0, 0.1) is 6.92 Å². The second-order valence-corrected chi connectivity index (χ2v) is 10.9. The minimum absolute atomic E-state index is 0.118. The zero-order chi connectivity index (χ0) is 29.4. The molecule has 1 aliphatic heterocycles. The van der Waals surface area contributed by atoms with E-state index < -0.39 is 0 Å². The molecule has 4 rings (SSSR count). The maximum Gasteiger partial charge on any atom is 0.255 e. The Morgan fingerprint density at radius 1 is 0.854 bits per heavy atom. The van der Waals surface area contributed by atoms with E-state index in [2.05, 4.69) is 20.9 Å². The highest BCUT2D eigenvalue weighted by Crippen LogP contribution is 2.29. The molecule has 0 atom stereocenters. The zero-order valence-corrected chi connectivity index (χ0v) is 24.8. The van der Waals surface area contributed by atoms with Gasteiger partial charge in [0, 0.05) is 66.9 Å². The standard InChI is InChI=1S/C31H35Cl2N5O3/c1-21-6-7-22(26(33)18-21)10-13-35-30(40)24-8-9-28(37-14-16-38(17-15-37)29(39)11-12-34-2)27(20-24)36-31(41)23-4-3-5-25(32)19-23/h3-9,18-20,34H,10-17H2,1-2H3,(H,35,40)(H,36,41). The van der Waals surface area contributed by atoms with Crippen molar-refractivity contribution in [2.24, 2.45) is 0 Å². The Morgan fingerprint density at radius 2 is 1.61 bits per heavy atom. The fourth-order valence-electron chi connectivity index (χ4n) is 4.73. The molecule has 3 amide bonds. The number of hydrogen-bond donors (Lipinski definition) is 3. The highest BCUT2D eigenvalue weighted by Gasteiger charge is 2.24. The molecule has 8 nitrogen and oxygen atoms in total. The summed E-state index contributed by atoms with van der Waals surface area (Å²) in [7, 11) is 1.83. The van der Waals surface area contributed by atoms with Gasteiger partial charge in [-0.15, -0.1) is 0 Å². The summed E-state index contributed by atoms with van der Waals surface area (Å²) in [5.41, 5.74) is 4.17. The lowest BCUT2D eigenvalue weighted by Crippen LogP contribution is -2.49. The molecule has 0 unspecified atom stereocenters. The van der Waals surface area contributed by atoms with Gasteiger partial charge in [-0.25, -0.2) is 0 Å². The quantitative estimate of drug-likeness (QED) is 0.313. The molecule has 0 spiro atoms. The van der Waals surface area contributed by atoms with E-state index >= 15 is 0 Å². The SMILES string of the molecule is CNCCC(=O)N1CCN(c2ccc(C(=O)NCCc3ccc(C)cc3Cl)cc2NC(=O)c2cccc(Cl)c2)CC1. The molecule has 0 aromatic heterocycles. The second kappa shape index (κ2) is 14.3. The summed E-state index contributed by atoms with van der Waals surface area (Å²) in [6, 6.07) is 17.9. The smallest absolute Gasteiger partial charge is 0.255 e. The Kier molecular flexibility index (Phi) is 10.6. The number of benzene rings is 3. The molecule has 3 N–H and O–H groups in total. The van der Waals surface area contributed by atoms with Gasteiger partial charge in [0.1, 0.15) is 0 Å². The average molecular weight is 597 g/mol. The van der Waals surface area contributed by atoms with E-state index in [4.69, 9.17) is 23.2 Å². The predicted molar refractivity (Wildman–Crippen MR) is 165 cm³/mol. The van der Waals surface area contributed by atoms with Crippen molar-refractivity contribution in [3.8, 4) is 0 Å². The highest BCUT2D eigenvalue weighted by molar-refractivity contribution is 6.31. The van der Waals surface area contributed by atoms with Crippen molar-refractivity contribution >= 4 is 52.3 Å². The monoisotopic (exact) mass is 595 g/mol. The van der Waals surface area contributed by atoms with Crippen molar-refractivity contribution in [1.82, 2.24) is 15.5 Å². The first-order chi connectivity index (χ1) is 19.7.